The van der Waals surface area contributed by atoms with Crippen LogP contribution in [0.4, 0.5) is 11.5 Å². The van der Waals surface area contributed by atoms with Crippen molar-refractivity contribution in [3.8, 4) is 0 Å². The van der Waals surface area contributed by atoms with Gasteiger partial charge in [0.2, 0.25) is 5.91 Å². The minimum Gasteiger partial charge on any atom is -0.311 e. The molecule has 1 N–H and O–H groups in total. The summed E-state index contributed by atoms with van der Waals surface area (Å²) in [5, 5.41) is 18.2. The molecule has 1 aliphatic rings. The predicted molar refractivity (Wildman–Crippen MR) is 89.8 cm³/mol. The molecule has 2 aromatic rings. The van der Waals surface area contributed by atoms with Crippen LogP contribution in [0.1, 0.15) is 43.7 Å². The van der Waals surface area contributed by atoms with Gasteiger partial charge >= 0.3 is 0 Å². The highest BCUT2D eigenvalue weighted by Gasteiger charge is 2.20. The average molecular weight is 328 g/mol. The zero-order valence-corrected chi connectivity index (χ0v) is 13.4. The number of anilines is 1. The molecule has 3 rings (SSSR count). The minimum atomic E-state index is -0.463. The summed E-state index contributed by atoms with van der Waals surface area (Å²) in [5.74, 6) is 0.382. The number of rotatable bonds is 5. The Kier molecular flexibility index (Phi) is 4.88. The molecule has 7 nitrogen and oxygen atoms in total. The number of nitrogens with one attached hydrogen (secondary N) is 1. The van der Waals surface area contributed by atoms with E-state index in [9.17, 15) is 14.9 Å². The fourth-order valence-electron chi connectivity index (χ4n) is 3.23. The SMILES string of the molecule is O=C(Cc1ccccc1[N+](=O)[O-])Nc1ccnn1C1CCCCC1. The van der Waals surface area contributed by atoms with Crippen LogP contribution in [0, 0.1) is 10.1 Å². The fourth-order valence-corrected chi connectivity index (χ4v) is 3.23. The van der Waals surface area contributed by atoms with E-state index in [4.69, 9.17) is 0 Å². The Labute approximate surface area is 139 Å². The van der Waals surface area contributed by atoms with Crippen molar-refractivity contribution in [3.05, 3.63) is 52.2 Å². The molecule has 0 saturated heterocycles. The Morgan fingerprint density at radius 3 is 2.75 bits per heavy atom. The molecule has 24 heavy (non-hydrogen) atoms. The highest BCUT2D eigenvalue weighted by Crippen LogP contribution is 2.30. The number of nitro benzene ring substituents is 1. The van der Waals surface area contributed by atoms with Gasteiger partial charge in [0.1, 0.15) is 5.82 Å². The molecule has 7 heteroatoms. The van der Waals surface area contributed by atoms with Gasteiger partial charge in [0.05, 0.1) is 23.6 Å². The maximum Gasteiger partial charge on any atom is 0.273 e. The molecule has 1 aliphatic carbocycles. The van der Waals surface area contributed by atoms with Gasteiger partial charge in [-0.2, -0.15) is 5.10 Å². The summed E-state index contributed by atoms with van der Waals surface area (Å²) in [6.45, 7) is 0. The molecule has 0 spiro atoms. The molecule has 1 aromatic heterocycles. The van der Waals surface area contributed by atoms with Crippen LogP contribution in [-0.2, 0) is 11.2 Å². The lowest BCUT2D eigenvalue weighted by Gasteiger charge is -2.23. The highest BCUT2D eigenvalue weighted by molar-refractivity contribution is 5.92. The maximum absolute atomic E-state index is 12.3. The molecule has 0 radical (unpaired) electrons. The van der Waals surface area contributed by atoms with E-state index >= 15 is 0 Å². The molecule has 1 saturated carbocycles. The maximum atomic E-state index is 12.3. The number of carbonyl (C=O) groups is 1. The number of carbonyl (C=O) groups excluding carboxylic acids is 1. The third-order valence-corrected chi connectivity index (χ3v) is 4.40. The predicted octanol–water partition coefficient (Wildman–Crippen LogP) is 3.48. The summed E-state index contributed by atoms with van der Waals surface area (Å²) in [5.41, 5.74) is 0.372. The van der Waals surface area contributed by atoms with E-state index in [1.165, 1.54) is 25.3 Å². The Morgan fingerprint density at radius 1 is 1.25 bits per heavy atom. The number of nitrogens with zero attached hydrogens (tertiary/aromatic N) is 3. The van der Waals surface area contributed by atoms with Gasteiger partial charge in [0.15, 0.2) is 0 Å². The van der Waals surface area contributed by atoms with Crippen LogP contribution < -0.4 is 5.32 Å². The van der Waals surface area contributed by atoms with Crippen molar-refractivity contribution in [3.63, 3.8) is 0 Å². The van der Waals surface area contributed by atoms with Gasteiger partial charge in [0.25, 0.3) is 5.69 Å². The normalized spacial score (nSPS) is 15.2. The van der Waals surface area contributed by atoms with E-state index < -0.39 is 4.92 Å². The van der Waals surface area contributed by atoms with E-state index in [1.54, 1.807) is 30.5 Å². The first kappa shape index (κ1) is 16.2. The van der Waals surface area contributed by atoms with E-state index in [-0.39, 0.29) is 18.0 Å². The number of hydrogen-bond acceptors (Lipinski definition) is 4. The standard InChI is InChI=1S/C17H20N4O3/c22-17(12-13-6-4-5-9-15(13)21(23)24)19-16-10-11-18-20(16)14-7-2-1-3-8-14/h4-6,9-11,14H,1-3,7-8,12H2,(H,19,22). The summed E-state index contributed by atoms with van der Waals surface area (Å²) in [6, 6.07) is 8.39. The van der Waals surface area contributed by atoms with Gasteiger partial charge in [-0.05, 0) is 12.8 Å². The number of amides is 1. The molecule has 126 valence electrons. The van der Waals surface area contributed by atoms with Crippen LogP contribution in [-0.4, -0.2) is 20.6 Å². The molecular weight excluding hydrogens is 308 g/mol. The smallest absolute Gasteiger partial charge is 0.273 e. The Hall–Kier alpha value is -2.70. The van der Waals surface area contributed by atoms with Crippen molar-refractivity contribution in [2.75, 3.05) is 5.32 Å². The Morgan fingerprint density at radius 2 is 2.00 bits per heavy atom. The third-order valence-electron chi connectivity index (χ3n) is 4.40. The number of nitro groups is 1. The second-order valence-corrected chi connectivity index (χ2v) is 6.06. The van der Waals surface area contributed by atoms with Crippen molar-refractivity contribution in [1.82, 2.24) is 9.78 Å². The fraction of sp³-hybridized carbons (Fsp3) is 0.412. The summed E-state index contributed by atoms with van der Waals surface area (Å²) in [4.78, 5) is 22.9. The molecule has 0 bridgehead atoms. The van der Waals surface area contributed by atoms with Gasteiger partial charge in [-0.25, -0.2) is 4.68 Å². The lowest BCUT2D eigenvalue weighted by molar-refractivity contribution is -0.385. The minimum absolute atomic E-state index is 0.0339. The van der Waals surface area contributed by atoms with Crippen LogP contribution in [0.2, 0.25) is 0 Å². The topological polar surface area (TPSA) is 90.1 Å². The Balaban J connectivity index is 1.70. The van der Waals surface area contributed by atoms with Crippen molar-refractivity contribution in [1.29, 1.82) is 0 Å². The van der Waals surface area contributed by atoms with Gasteiger partial charge in [-0.15, -0.1) is 0 Å². The molecule has 1 amide bonds. The number of aromatic nitrogens is 2. The lowest BCUT2D eigenvalue weighted by atomic mass is 9.96. The summed E-state index contributed by atoms with van der Waals surface area (Å²) >= 11 is 0. The molecule has 0 aliphatic heterocycles. The zero-order chi connectivity index (χ0) is 16.9. The second kappa shape index (κ2) is 7.25. The van der Waals surface area contributed by atoms with Gasteiger partial charge < -0.3 is 5.32 Å². The molecule has 1 heterocycles. The Bertz CT molecular complexity index is 735. The van der Waals surface area contributed by atoms with Crippen LogP contribution in [0.3, 0.4) is 0 Å². The van der Waals surface area contributed by atoms with Gasteiger partial charge in [0, 0.05) is 17.7 Å². The zero-order valence-electron chi connectivity index (χ0n) is 13.4. The summed E-state index contributed by atoms with van der Waals surface area (Å²) < 4.78 is 1.87. The average Bonchev–Trinajstić information content (AvgIpc) is 3.04. The van der Waals surface area contributed by atoms with Crippen LogP contribution >= 0.6 is 0 Å². The monoisotopic (exact) mass is 328 g/mol. The van der Waals surface area contributed by atoms with Crippen molar-refractivity contribution in [2.45, 2.75) is 44.6 Å². The van der Waals surface area contributed by atoms with Crippen LogP contribution in [0.25, 0.3) is 0 Å². The van der Waals surface area contributed by atoms with E-state index in [1.807, 2.05) is 4.68 Å². The largest absolute Gasteiger partial charge is 0.311 e. The number of hydrogen-bond donors (Lipinski definition) is 1. The number of benzene rings is 1. The van der Waals surface area contributed by atoms with Crippen LogP contribution in [0.5, 0.6) is 0 Å². The van der Waals surface area contributed by atoms with E-state index in [0.717, 1.165) is 12.8 Å². The molecular formula is C17H20N4O3. The quantitative estimate of drug-likeness (QED) is 0.672. The van der Waals surface area contributed by atoms with Gasteiger partial charge in [-0.1, -0.05) is 37.5 Å². The van der Waals surface area contributed by atoms with Crippen molar-refractivity contribution in [2.24, 2.45) is 0 Å². The summed E-state index contributed by atoms with van der Waals surface area (Å²) in [6.07, 6.45) is 7.37. The first-order chi connectivity index (χ1) is 11.6. The first-order valence-corrected chi connectivity index (χ1v) is 8.21. The molecule has 1 fully saturated rings. The van der Waals surface area contributed by atoms with Crippen LogP contribution in [0.15, 0.2) is 36.5 Å². The first-order valence-electron chi connectivity index (χ1n) is 8.21. The van der Waals surface area contributed by atoms with Gasteiger partial charge in [-0.3, -0.25) is 14.9 Å². The van der Waals surface area contributed by atoms with Crippen molar-refractivity contribution < 1.29 is 9.72 Å². The third kappa shape index (κ3) is 3.61. The van der Waals surface area contributed by atoms with E-state index in [0.29, 0.717) is 17.4 Å². The molecule has 0 unspecified atom stereocenters. The second-order valence-electron chi connectivity index (χ2n) is 6.06. The van der Waals surface area contributed by atoms with Crippen molar-refractivity contribution >= 4 is 17.4 Å². The number of para-hydroxylation sites is 1. The molecule has 1 aromatic carbocycles. The highest BCUT2D eigenvalue weighted by atomic mass is 16.6. The van der Waals surface area contributed by atoms with E-state index in [2.05, 4.69) is 10.4 Å². The molecule has 0 atom stereocenters. The lowest BCUT2D eigenvalue weighted by Crippen LogP contribution is -2.21. The summed E-state index contributed by atoms with van der Waals surface area (Å²) in [7, 11) is 0.